The van der Waals surface area contributed by atoms with Crippen LogP contribution in [0.1, 0.15) is 25.7 Å². The van der Waals surface area contributed by atoms with Gasteiger partial charge in [0, 0.05) is 48.7 Å². The molecule has 1 N–H and O–H groups in total. The largest absolute Gasteiger partial charge is 0.325 e. The lowest BCUT2D eigenvalue weighted by molar-refractivity contribution is -0.121. The summed E-state index contributed by atoms with van der Waals surface area (Å²) in [5, 5.41) is 5.08. The van der Waals surface area contributed by atoms with Crippen molar-refractivity contribution in [2.75, 3.05) is 29.9 Å². The van der Waals surface area contributed by atoms with Crippen molar-refractivity contribution in [1.82, 2.24) is 4.31 Å². The molecule has 0 spiro atoms. The number of amides is 2. The Morgan fingerprint density at radius 1 is 0.882 bits per heavy atom. The predicted molar refractivity (Wildman–Crippen MR) is 132 cm³/mol. The maximum atomic E-state index is 13.1. The first-order valence-electron chi connectivity index (χ1n) is 11.6. The summed E-state index contributed by atoms with van der Waals surface area (Å²) in [5.74, 6) is -0.249. The van der Waals surface area contributed by atoms with Crippen LogP contribution in [0.5, 0.6) is 0 Å². The standard InChI is InChI=1S/C26H27N3O4S/c30-25-9-4-16-29(25)21-10-12-22(13-11-21)34(32,33)28-17-14-20(15-18-28)26(31)27-24-8-3-6-19-5-1-2-7-23(19)24/h1-3,5-8,10-13,20H,4,9,14-18H2,(H,27,31). The van der Waals surface area contributed by atoms with E-state index in [1.165, 1.54) is 4.31 Å². The van der Waals surface area contributed by atoms with Crippen LogP contribution in [0.15, 0.2) is 71.6 Å². The first kappa shape index (κ1) is 22.6. The van der Waals surface area contributed by atoms with Gasteiger partial charge >= 0.3 is 0 Å². The lowest BCUT2D eigenvalue weighted by Crippen LogP contribution is -2.41. The molecule has 2 aliphatic rings. The van der Waals surface area contributed by atoms with E-state index in [9.17, 15) is 18.0 Å². The monoisotopic (exact) mass is 477 g/mol. The van der Waals surface area contributed by atoms with Gasteiger partial charge < -0.3 is 10.2 Å². The molecule has 34 heavy (non-hydrogen) atoms. The average molecular weight is 478 g/mol. The Labute approximate surface area is 199 Å². The fourth-order valence-corrected chi connectivity index (χ4v) is 6.27. The van der Waals surface area contributed by atoms with E-state index in [1.807, 2.05) is 42.5 Å². The zero-order valence-electron chi connectivity index (χ0n) is 18.8. The highest BCUT2D eigenvalue weighted by Gasteiger charge is 2.32. The molecule has 2 fully saturated rings. The number of carbonyl (C=O) groups is 2. The van der Waals surface area contributed by atoms with Crippen molar-refractivity contribution < 1.29 is 18.0 Å². The minimum absolute atomic E-state index is 0.0689. The van der Waals surface area contributed by atoms with Crippen LogP contribution < -0.4 is 10.2 Å². The van der Waals surface area contributed by atoms with Crippen LogP contribution in [0, 0.1) is 5.92 Å². The van der Waals surface area contributed by atoms with Crippen molar-refractivity contribution in [3.8, 4) is 0 Å². The number of benzene rings is 3. The van der Waals surface area contributed by atoms with Crippen LogP contribution in [0.3, 0.4) is 0 Å². The van der Waals surface area contributed by atoms with Crippen molar-refractivity contribution in [2.24, 2.45) is 5.92 Å². The minimum Gasteiger partial charge on any atom is -0.325 e. The molecule has 2 heterocycles. The SMILES string of the molecule is O=C(Nc1cccc2ccccc12)C1CCN(S(=O)(=O)c2ccc(N3CCCC3=O)cc2)CC1. The summed E-state index contributed by atoms with van der Waals surface area (Å²) >= 11 is 0. The zero-order valence-corrected chi connectivity index (χ0v) is 19.6. The third-order valence-corrected chi connectivity index (χ3v) is 8.64. The molecule has 3 aromatic carbocycles. The van der Waals surface area contributed by atoms with Gasteiger partial charge in [-0.25, -0.2) is 8.42 Å². The number of hydrogen-bond donors (Lipinski definition) is 1. The molecule has 0 unspecified atom stereocenters. The average Bonchev–Trinajstić information content (AvgIpc) is 3.30. The molecule has 0 atom stereocenters. The second-order valence-corrected chi connectivity index (χ2v) is 10.8. The zero-order chi connectivity index (χ0) is 23.7. The van der Waals surface area contributed by atoms with E-state index in [4.69, 9.17) is 0 Å². The number of hydrogen-bond acceptors (Lipinski definition) is 4. The summed E-state index contributed by atoms with van der Waals surface area (Å²) < 4.78 is 27.7. The number of nitrogens with zero attached hydrogens (tertiary/aromatic N) is 2. The first-order valence-corrected chi connectivity index (χ1v) is 13.1. The first-order chi connectivity index (χ1) is 16.4. The fourth-order valence-electron chi connectivity index (χ4n) is 4.80. The number of piperidine rings is 1. The second kappa shape index (κ2) is 9.19. The van der Waals surface area contributed by atoms with E-state index in [-0.39, 0.29) is 22.6 Å². The molecule has 5 rings (SSSR count). The number of sulfonamides is 1. The molecule has 0 saturated carbocycles. The van der Waals surface area contributed by atoms with Gasteiger partial charge in [-0.05, 0) is 55.0 Å². The van der Waals surface area contributed by atoms with Gasteiger partial charge in [-0.2, -0.15) is 4.31 Å². The van der Waals surface area contributed by atoms with E-state index < -0.39 is 10.0 Å². The van der Waals surface area contributed by atoms with Crippen molar-refractivity contribution >= 4 is 44.0 Å². The summed E-state index contributed by atoms with van der Waals surface area (Å²) in [6, 6.07) is 20.2. The molecule has 0 bridgehead atoms. The van der Waals surface area contributed by atoms with Crippen LogP contribution in [0.2, 0.25) is 0 Å². The number of rotatable bonds is 5. The highest BCUT2D eigenvalue weighted by Crippen LogP contribution is 2.29. The van der Waals surface area contributed by atoms with Gasteiger partial charge in [0.25, 0.3) is 0 Å². The number of fused-ring (bicyclic) bond motifs is 1. The van der Waals surface area contributed by atoms with Crippen LogP contribution in [-0.4, -0.2) is 44.2 Å². The Kier molecular flexibility index (Phi) is 6.10. The van der Waals surface area contributed by atoms with Gasteiger partial charge in [-0.15, -0.1) is 0 Å². The topological polar surface area (TPSA) is 86.8 Å². The van der Waals surface area contributed by atoms with Gasteiger partial charge in [-0.1, -0.05) is 36.4 Å². The van der Waals surface area contributed by atoms with Gasteiger partial charge in [-0.3, -0.25) is 9.59 Å². The van der Waals surface area contributed by atoms with E-state index in [1.54, 1.807) is 29.2 Å². The third kappa shape index (κ3) is 4.31. The maximum absolute atomic E-state index is 13.1. The van der Waals surface area contributed by atoms with Gasteiger partial charge in [0.1, 0.15) is 0 Å². The minimum atomic E-state index is -3.65. The van der Waals surface area contributed by atoms with Crippen molar-refractivity contribution in [3.05, 3.63) is 66.7 Å². The summed E-state index contributed by atoms with van der Waals surface area (Å²) in [6.45, 7) is 1.25. The Hall–Kier alpha value is -3.23. The normalized spacial score (nSPS) is 17.9. The molecular formula is C26H27N3O4S. The molecule has 7 nitrogen and oxygen atoms in total. The molecule has 8 heteroatoms. The molecule has 2 amide bonds. The van der Waals surface area contributed by atoms with Crippen molar-refractivity contribution in [3.63, 3.8) is 0 Å². The van der Waals surface area contributed by atoms with E-state index in [0.717, 1.165) is 28.6 Å². The second-order valence-electron chi connectivity index (χ2n) is 8.84. The molecule has 0 radical (unpaired) electrons. The highest BCUT2D eigenvalue weighted by atomic mass is 32.2. The molecule has 2 saturated heterocycles. The van der Waals surface area contributed by atoms with Crippen LogP contribution in [0.4, 0.5) is 11.4 Å². The van der Waals surface area contributed by atoms with Gasteiger partial charge in [0.15, 0.2) is 0 Å². The van der Waals surface area contributed by atoms with Crippen LogP contribution in [-0.2, 0) is 19.6 Å². The summed E-state index contributed by atoms with van der Waals surface area (Å²) in [6.07, 6.45) is 2.29. The van der Waals surface area contributed by atoms with E-state index >= 15 is 0 Å². The Morgan fingerprint density at radius 2 is 1.59 bits per heavy atom. The smallest absolute Gasteiger partial charge is 0.243 e. The lowest BCUT2D eigenvalue weighted by Gasteiger charge is -2.30. The lowest BCUT2D eigenvalue weighted by atomic mass is 9.97. The third-order valence-electron chi connectivity index (χ3n) is 6.73. The summed E-state index contributed by atoms with van der Waals surface area (Å²) in [5.41, 5.74) is 1.50. The molecule has 3 aromatic rings. The summed E-state index contributed by atoms with van der Waals surface area (Å²) in [4.78, 5) is 26.8. The summed E-state index contributed by atoms with van der Waals surface area (Å²) in [7, 11) is -3.65. The van der Waals surface area contributed by atoms with Gasteiger partial charge in [0.2, 0.25) is 21.8 Å². The molecule has 2 aliphatic heterocycles. The predicted octanol–water partition coefficient (Wildman–Crippen LogP) is 4.01. The number of nitrogens with one attached hydrogen (secondary N) is 1. The van der Waals surface area contributed by atoms with E-state index in [0.29, 0.717) is 38.9 Å². The number of carbonyl (C=O) groups excluding carboxylic acids is 2. The van der Waals surface area contributed by atoms with Crippen LogP contribution >= 0.6 is 0 Å². The molecule has 176 valence electrons. The van der Waals surface area contributed by atoms with Gasteiger partial charge in [0.05, 0.1) is 4.90 Å². The van der Waals surface area contributed by atoms with Crippen LogP contribution in [0.25, 0.3) is 10.8 Å². The van der Waals surface area contributed by atoms with Crippen molar-refractivity contribution in [2.45, 2.75) is 30.6 Å². The number of anilines is 2. The Balaban J connectivity index is 1.22. The molecular weight excluding hydrogens is 450 g/mol. The Morgan fingerprint density at radius 3 is 2.29 bits per heavy atom. The molecule has 0 aromatic heterocycles. The van der Waals surface area contributed by atoms with E-state index in [2.05, 4.69) is 5.32 Å². The molecule has 0 aliphatic carbocycles. The van der Waals surface area contributed by atoms with Crippen molar-refractivity contribution in [1.29, 1.82) is 0 Å². The Bertz CT molecular complexity index is 1320. The quantitative estimate of drug-likeness (QED) is 0.602. The maximum Gasteiger partial charge on any atom is 0.243 e. The fraction of sp³-hybridized carbons (Fsp3) is 0.308. The highest BCUT2D eigenvalue weighted by molar-refractivity contribution is 7.89.